The Labute approximate surface area is 115 Å². The number of pyridine rings is 1. The molecule has 1 aromatic heterocycles. The first-order valence-electron chi connectivity index (χ1n) is 6.63. The number of methoxy groups -OCH3 is 1. The second-order valence-corrected chi connectivity index (χ2v) is 4.43. The Morgan fingerprint density at radius 2 is 2.32 bits per heavy atom. The number of ether oxygens (including phenoxy) is 1. The molecule has 0 saturated heterocycles. The highest BCUT2D eigenvalue weighted by Crippen LogP contribution is 2.09. The lowest BCUT2D eigenvalue weighted by molar-refractivity contribution is 0.0779. The third kappa shape index (κ3) is 5.26. The Bertz CT molecular complexity index is 396. The SMILES string of the molecule is CCCNc1cc(C(=O)N(C)CCCOC)ccn1. The summed E-state index contributed by atoms with van der Waals surface area (Å²) in [6, 6.07) is 3.54. The van der Waals surface area contributed by atoms with Crippen molar-refractivity contribution in [2.75, 3.05) is 39.2 Å². The van der Waals surface area contributed by atoms with E-state index in [1.807, 2.05) is 0 Å². The van der Waals surface area contributed by atoms with Crippen LogP contribution in [0.5, 0.6) is 0 Å². The molecule has 0 spiro atoms. The monoisotopic (exact) mass is 265 g/mol. The molecule has 5 heteroatoms. The van der Waals surface area contributed by atoms with Crippen LogP contribution in [0.3, 0.4) is 0 Å². The molecule has 0 saturated carbocycles. The second kappa shape index (κ2) is 8.48. The quantitative estimate of drug-likeness (QED) is 0.731. The van der Waals surface area contributed by atoms with Gasteiger partial charge in [-0.1, -0.05) is 6.92 Å². The first-order chi connectivity index (χ1) is 9.19. The van der Waals surface area contributed by atoms with E-state index in [-0.39, 0.29) is 5.91 Å². The van der Waals surface area contributed by atoms with E-state index in [9.17, 15) is 4.79 Å². The molecule has 0 unspecified atom stereocenters. The Morgan fingerprint density at radius 1 is 1.53 bits per heavy atom. The van der Waals surface area contributed by atoms with Crippen molar-refractivity contribution in [2.45, 2.75) is 19.8 Å². The van der Waals surface area contributed by atoms with Gasteiger partial charge in [0.25, 0.3) is 5.91 Å². The summed E-state index contributed by atoms with van der Waals surface area (Å²) in [5, 5.41) is 3.18. The summed E-state index contributed by atoms with van der Waals surface area (Å²) < 4.78 is 4.98. The van der Waals surface area contributed by atoms with E-state index in [1.165, 1.54) is 0 Å². The normalized spacial score (nSPS) is 10.3. The van der Waals surface area contributed by atoms with E-state index in [0.29, 0.717) is 18.7 Å². The fraction of sp³-hybridized carbons (Fsp3) is 0.571. The summed E-state index contributed by atoms with van der Waals surface area (Å²) in [4.78, 5) is 18.1. The molecule has 1 N–H and O–H groups in total. The van der Waals surface area contributed by atoms with Crippen molar-refractivity contribution in [3.8, 4) is 0 Å². The van der Waals surface area contributed by atoms with E-state index >= 15 is 0 Å². The Balaban J connectivity index is 2.60. The minimum atomic E-state index is 0.0121. The number of rotatable bonds is 8. The van der Waals surface area contributed by atoms with Gasteiger partial charge in [-0.3, -0.25) is 4.79 Å². The van der Waals surface area contributed by atoms with Crippen LogP contribution in [0.1, 0.15) is 30.1 Å². The fourth-order valence-corrected chi connectivity index (χ4v) is 1.68. The highest BCUT2D eigenvalue weighted by Gasteiger charge is 2.11. The highest BCUT2D eigenvalue weighted by atomic mass is 16.5. The van der Waals surface area contributed by atoms with Crippen LogP contribution in [0.15, 0.2) is 18.3 Å². The van der Waals surface area contributed by atoms with Gasteiger partial charge in [-0.15, -0.1) is 0 Å². The molecule has 0 atom stereocenters. The van der Waals surface area contributed by atoms with Gasteiger partial charge in [0.2, 0.25) is 0 Å². The minimum Gasteiger partial charge on any atom is -0.385 e. The Hall–Kier alpha value is -1.62. The number of amides is 1. The first kappa shape index (κ1) is 15.4. The largest absolute Gasteiger partial charge is 0.385 e. The van der Waals surface area contributed by atoms with Crippen molar-refractivity contribution in [3.63, 3.8) is 0 Å². The fourth-order valence-electron chi connectivity index (χ4n) is 1.68. The summed E-state index contributed by atoms with van der Waals surface area (Å²) in [5.41, 5.74) is 0.661. The topological polar surface area (TPSA) is 54.5 Å². The average Bonchev–Trinajstić information content (AvgIpc) is 2.44. The van der Waals surface area contributed by atoms with Crippen molar-refractivity contribution >= 4 is 11.7 Å². The molecule has 0 aliphatic rings. The lowest BCUT2D eigenvalue weighted by Gasteiger charge is -2.17. The molecule has 1 amide bonds. The molecule has 106 valence electrons. The standard InChI is InChI=1S/C14H23N3O2/c1-4-7-15-13-11-12(6-8-16-13)14(18)17(2)9-5-10-19-3/h6,8,11H,4-5,7,9-10H2,1-3H3,(H,15,16). The molecule has 1 heterocycles. The first-order valence-corrected chi connectivity index (χ1v) is 6.63. The molecular formula is C14H23N3O2. The van der Waals surface area contributed by atoms with Crippen molar-refractivity contribution < 1.29 is 9.53 Å². The van der Waals surface area contributed by atoms with Crippen molar-refractivity contribution in [2.24, 2.45) is 0 Å². The summed E-state index contributed by atoms with van der Waals surface area (Å²) in [7, 11) is 3.47. The van der Waals surface area contributed by atoms with Gasteiger partial charge in [0.05, 0.1) is 0 Å². The van der Waals surface area contributed by atoms with Crippen LogP contribution in [0, 0.1) is 0 Å². The van der Waals surface area contributed by atoms with E-state index < -0.39 is 0 Å². The number of carbonyl (C=O) groups excluding carboxylic acids is 1. The van der Waals surface area contributed by atoms with Gasteiger partial charge in [0.1, 0.15) is 5.82 Å². The smallest absolute Gasteiger partial charge is 0.253 e. The Kier molecular flexibility index (Phi) is 6.89. The zero-order valence-corrected chi connectivity index (χ0v) is 12.0. The second-order valence-electron chi connectivity index (χ2n) is 4.43. The van der Waals surface area contributed by atoms with Gasteiger partial charge in [-0.05, 0) is 25.0 Å². The van der Waals surface area contributed by atoms with Crippen LogP contribution in [0.4, 0.5) is 5.82 Å². The number of hydrogen-bond donors (Lipinski definition) is 1. The number of hydrogen-bond acceptors (Lipinski definition) is 4. The molecule has 0 radical (unpaired) electrons. The van der Waals surface area contributed by atoms with Gasteiger partial charge in [0, 0.05) is 45.6 Å². The molecule has 5 nitrogen and oxygen atoms in total. The summed E-state index contributed by atoms with van der Waals surface area (Å²) in [5.74, 6) is 0.760. The maximum atomic E-state index is 12.2. The van der Waals surface area contributed by atoms with Crippen molar-refractivity contribution in [1.29, 1.82) is 0 Å². The van der Waals surface area contributed by atoms with Crippen LogP contribution in [-0.2, 0) is 4.74 Å². The molecule has 0 fully saturated rings. The van der Waals surface area contributed by atoms with Crippen LogP contribution in [-0.4, -0.2) is 49.6 Å². The zero-order valence-electron chi connectivity index (χ0n) is 12.0. The van der Waals surface area contributed by atoms with Crippen molar-refractivity contribution in [3.05, 3.63) is 23.9 Å². The molecular weight excluding hydrogens is 242 g/mol. The Morgan fingerprint density at radius 3 is 3.00 bits per heavy atom. The minimum absolute atomic E-state index is 0.0121. The van der Waals surface area contributed by atoms with Crippen LogP contribution in [0.25, 0.3) is 0 Å². The molecule has 1 aromatic rings. The maximum Gasteiger partial charge on any atom is 0.253 e. The molecule has 19 heavy (non-hydrogen) atoms. The van der Waals surface area contributed by atoms with E-state index in [4.69, 9.17) is 4.74 Å². The van der Waals surface area contributed by atoms with Gasteiger partial charge in [-0.2, -0.15) is 0 Å². The average molecular weight is 265 g/mol. The zero-order chi connectivity index (χ0) is 14.1. The van der Waals surface area contributed by atoms with Gasteiger partial charge < -0.3 is 15.0 Å². The molecule has 0 bridgehead atoms. The van der Waals surface area contributed by atoms with Crippen LogP contribution >= 0.6 is 0 Å². The molecule has 1 rings (SSSR count). The summed E-state index contributed by atoms with van der Waals surface area (Å²) in [6.45, 7) is 4.30. The van der Waals surface area contributed by atoms with Crippen LogP contribution < -0.4 is 5.32 Å². The van der Waals surface area contributed by atoms with E-state index in [0.717, 1.165) is 25.2 Å². The third-order valence-electron chi connectivity index (χ3n) is 2.75. The van der Waals surface area contributed by atoms with E-state index in [1.54, 1.807) is 37.4 Å². The molecule has 0 aliphatic heterocycles. The lowest BCUT2D eigenvalue weighted by Crippen LogP contribution is -2.28. The third-order valence-corrected chi connectivity index (χ3v) is 2.75. The summed E-state index contributed by atoms with van der Waals surface area (Å²) >= 11 is 0. The number of aromatic nitrogens is 1. The van der Waals surface area contributed by atoms with Gasteiger partial charge in [-0.25, -0.2) is 4.98 Å². The van der Waals surface area contributed by atoms with Gasteiger partial charge >= 0.3 is 0 Å². The van der Waals surface area contributed by atoms with Crippen LogP contribution in [0.2, 0.25) is 0 Å². The number of carbonyl (C=O) groups is 1. The number of anilines is 1. The predicted molar refractivity (Wildman–Crippen MR) is 76.5 cm³/mol. The summed E-state index contributed by atoms with van der Waals surface area (Å²) in [6.07, 6.45) is 3.52. The molecule has 0 aliphatic carbocycles. The van der Waals surface area contributed by atoms with Gasteiger partial charge in [0.15, 0.2) is 0 Å². The highest BCUT2D eigenvalue weighted by molar-refractivity contribution is 5.94. The maximum absolute atomic E-state index is 12.2. The predicted octanol–water partition coefficient (Wildman–Crippen LogP) is 2.01. The van der Waals surface area contributed by atoms with E-state index in [2.05, 4.69) is 17.2 Å². The number of nitrogens with zero attached hydrogens (tertiary/aromatic N) is 2. The lowest BCUT2D eigenvalue weighted by atomic mass is 10.2. The number of nitrogens with one attached hydrogen (secondary N) is 1. The van der Waals surface area contributed by atoms with Crippen molar-refractivity contribution in [1.82, 2.24) is 9.88 Å². The molecule has 0 aromatic carbocycles.